The summed E-state index contributed by atoms with van der Waals surface area (Å²) >= 11 is 0. The Morgan fingerprint density at radius 3 is 1.75 bits per heavy atom. The number of rotatable bonds is 3. The van der Waals surface area contributed by atoms with Crippen LogP contribution >= 0.6 is 0 Å². The summed E-state index contributed by atoms with van der Waals surface area (Å²) in [5, 5.41) is 0. The summed E-state index contributed by atoms with van der Waals surface area (Å²) in [5.74, 6) is -0.567. The van der Waals surface area contributed by atoms with Crippen LogP contribution in [0.2, 0.25) is 0 Å². The van der Waals surface area contributed by atoms with Crippen molar-refractivity contribution in [2.75, 3.05) is 0 Å². The monoisotopic (exact) mass is 228 g/mol. The summed E-state index contributed by atoms with van der Waals surface area (Å²) in [4.78, 5) is 22.1. The molecular weight excluding hydrogens is 204 g/mol. The minimum absolute atomic E-state index is 0.000148. The maximum atomic E-state index is 11.8. The smallest absolute Gasteiger partial charge is 0.317 e. The largest absolute Gasteiger partial charge is 0.395 e. The van der Waals surface area contributed by atoms with Gasteiger partial charge in [0, 0.05) is 0 Å². The first kappa shape index (κ1) is 15.1. The molecule has 0 aromatic carbocycles. The van der Waals surface area contributed by atoms with Crippen molar-refractivity contribution in [2.24, 2.45) is 22.7 Å². The van der Waals surface area contributed by atoms with Crippen LogP contribution in [0.3, 0.4) is 0 Å². The average Bonchev–Trinajstić information content (AvgIpc) is 1.99. The van der Waals surface area contributed by atoms with Crippen LogP contribution in [0, 0.1) is 22.7 Å². The Bertz CT molecular complexity index is 255. The highest BCUT2D eigenvalue weighted by molar-refractivity contribution is 5.79. The Labute approximate surface area is 98.6 Å². The van der Waals surface area contributed by atoms with Gasteiger partial charge in [0.2, 0.25) is 0 Å². The Hall–Kier alpha value is -0.860. The Morgan fingerprint density at radius 1 is 1.06 bits per heavy atom. The van der Waals surface area contributed by atoms with Gasteiger partial charge in [0.25, 0.3) is 0 Å². The molecule has 0 N–H and O–H groups in total. The Morgan fingerprint density at radius 2 is 1.50 bits per heavy atom. The van der Waals surface area contributed by atoms with Gasteiger partial charge >= 0.3 is 12.4 Å². The molecule has 0 aromatic rings. The van der Waals surface area contributed by atoms with Crippen molar-refractivity contribution in [2.45, 2.75) is 48.5 Å². The quantitative estimate of drug-likeness (QED) is 0.423. The van der Waals surface area contributed by atoms with Gasteiger partial charge in [-0.2, -0.15) is 0 Å². The molecule has 0 saturated heterocycles. The molecule has 0 amide bonds. The summed E-state index contributed by atoms with van der Waals surface area (Å²) in [6, 6.07) is 0. The molecule has 0 spiro atoms. The maximum Gasteiger partial charge on any atom is 0.317 e. The van der Waals surface area contributed by atoms with Crippen molar-refractivity contribution >= 4 is 12.4 Å². The highest BCUT2D eigenvalue weighted by atomic mass is 16.6. The number of hydrogen-bond donors (Lipinski definition) is 0. The number of hydrogen-bond acceptors (Lipinski definition) is 3. The Balaban J connectivity index is 5.11. The summed E-state index contributed by atoms with van der Waals surface area (Å²) in [7, 11) is 0. The number of carbonyl (C=O) groups excluding carboxylic acids is 2. The first-order valence-corrected chi connectivity index (χ1v) is 5.66. The lowest BCUT2D eigenvalue weighted by Gasteiger charge is -2.39. The zero-order valence-electron chi connectivity index (χ0n) is 11.5. The van der Waals surface area contributed by atoms with Crippen molar-refractivity contribution in [3.05, 3.63) is 0 Å². The molecule has 94 valence electrons. The molecular formula is C13H24O3. The van der Waals surface area contributed by atoms with Crippen LogP contribution < -0.4 is 0 Å². The second kappa shape index (κ2) is 4.98. The summed E-state index contributed by atoms with van der Waals surface area (Å²) in [5.41, 5.74) is -0.216. The van der Waals surface area contributed by atoms with Crippen molar-refractivity contribution in [3.63, 3.8) is 0 Å². The molecule has 3 nitrogen and oxygen atoms in total. The predicted molar refractivity (Wildman–Crippen MR) is 63.7 cm³/mol. The number of esters is 1. The van der Waals surface area contributed by atoms with Crippen LogP contribution in [-0.4, -0.2) is 12.4 Å². The number of carbonyl (C=O) groups is 2. The molecule has 0 bridgehead atoms. The first-order valence-electron chi connectivity index (χ1n) is 5.66. The van der Waals surface area contributed by atoms with Crippen LogP contribution in [0.1, 0.15) is 48.5 Å². The predicted octanol–water partition coefficient (Wildman–Crippen LogP) is 3.03. The van der Waals surface area contributed by atoms with E-state index >= 15 is 0 Å². The number of ether oxygens (including phenoxy) is 1. The van der Waals surface area contributed by atoms with Crippen molar-refractivity contribution in [1.29, 1.82) is 0 Å². The fourth-order valence-electron chi connectivity index (χ4n) is 1.93. The molecule has 0 saturated carbocycles. The topological polar surface area (TPSA) is 43.4 Å². The molecule has 0 aliphatic heterocycles. The Kier molecular flexibility index (Phi) is 4.71. The molecule has 2 unspecified atom stereocenters. The standard InChI is InChI=1S/C13H24O3/c1-9(12(2,3)4)10(13(5,6)7)11(15)16-8-14/h8-10H,1-7H3. The van der Waals surface area contributed by atoms with Gasteiger partial charge in [0.1, 0.15) is 0 Å². The minimum Gasteiger partial charge on any atom is -0.395 e. The van der Waals surface area contributed by atoms with Gasteiger partial charge in [-0.15, -0.1) is 0 Å². The molecule has 0 rings (SSSR count). The first-order chi connectivity index (χ1) is 7.01. The molecule has 0 aliphatic rings. The van der Waals surface area contributed by atoms with Crippen molar-refractivity contribution in [3.8, 4) is 0 Å². The van der Waals surface area contributed by atoms with Gasteiger partial charge in [-0.3, -0.25) is 9.59 Å². The zero-order valence-corrected chi connectivity index (χ0v) is 11.5. The van der Waals surface area contributed by atoms with Crippen LogP contribution in [0.15, 0.2) is 0 Å². The van der Waals surface area contributed by atoms with Crippen LogP contribution in [-0.2, 0) is 14.3 Å². The fourth-order valence-corrected chi connectivity index (χ4v) is 1.93. The lowest BCUT2D eigenvalue weighted by molar-refractivity contribution is -0.161. The van der Waals surface area contributed by atoms with Gasteiger partial charge in [-0.05, 0) is 16.7 Å². The van der Waals surface area contributed by atoms with Gasteiger partial charge in [0.05, 0.1) is 5.92 Å². The van der Waals surface area contributed by atoms with Gasteiger partial charge < -0.3 is 4.74 Å². The minimum atomic E-state index is -0.426. The van der Waals surface area contributed by atoms with E-state index in [1.807, 2.05) is 27.7 Å². The van der Waals surface area contributed by atoms with E-state index in [0.29, 0.717) is 0 Å². The van der Waals surface area contributed by atoms with Gasteiger partial charge in [0.15, 0.2) is 0 Å². The third kappa shape index (κ3) is 3.95. The van der Waals surface area contributed by atoms with Crippen LogP contribution in [0.4, 0.5) is 0 Å². The zero-order chi connectivity index (χ0) is 13.1. The average molecular weight is 228 g/mol. The van der Waals surface area contributed by atoms with Crippen LogP contribution in [0.25, 0.3) is 0 Å². The lowest BCUT2D eigenvalue weighted by Crippen LogP contribution is -2.40. The van der Waals surface area contributed by atoms with E-state index < -0.39 is 5.97 Å². The van der Waals surface area contributed by atoms with E-state index in [1.54, 1.807) is 0 Å². The van der Waals surface area contributed by atoms with E-state index in [1.165, 1.54) is 0 Å². The summed E-state index contributed by atoms with van der Waals surface area (Å²) in [6.45, 7) is 14.5. The van der Waals surface area contributed by atoms with E-state index in [2.05, 4.69) is 25.5 Å². The van der Waals surface area contributed by atoms with Gasteiger partial charge in [-0.1, -0.05) is 48.5 Å². The molecule has 2 atom stereocenters. The lowest BCUT2D eigenvalue weighted by atomic mass is 9.65. The van der Waals surface area contributed by atoms with Crippen molar-refractivity contribution in [1.82, 2.24) is 0 Å². The molecule has 0 aliphatic carbocycles. The highest BCUT2D eigenvalue weighted by Gasteiger charge is 2.41. The van der Waals surface area contributed by atoms with Crippen molar-refractivity contribution < 1.29 is 14.3 Å². The molecule has 3 heteroatoms. The molecule has 0 aromatic heterocycles. The van der Waals surface area contributed by atoms with E-state index in [4.69, 9.17) is 0 Å². The summed E-state index contributed by atoms with van der Waals surface area (Å²) in [6.07, 6.45) is 0. The van der Waals surface area contributed by atoms with E-state index in [-0.39, 0.29) is 29.1 Å². The van der Waals surface area contributed by atoms with E-state index in [0.717, 1.165) is 0 Å². The second-order valence-electron chi connectivity index (χ2n) is 6.53. The SMILES string of the molecule is CC(C(C(=O)OC=O)C(C)(C)C)C(C)(C)C. The molecule has 0 fully saturated rings. The van der Waals surface area contributed by atoms with Gasteiger partial charge in [-0.25, -0.2) is 0 Å². The third-order valence-electron chi connectivity index (χ3n) is 3.22. The third-order valence-corrected chi connectivity index (χ3v) is 3.22. The maximum absolute atomic E-state index is 11.8. The molecule has 0 heterocycles. The van der Waals surface area contributed by atoms with Crippen LogP contribution in [0.5, 0.6) is 0 Å². The van der Waals surface area contributed by atoms with E-state index in [9.17, 15) is 9.59 Å². The molecule has 16 heavy (non-hydrogen) atoms. The normalized spacial score (nSPS) is 16.4. The second-order valence-corrected chi connectivity index (χ2v) is 6.53. The molecule has 0 radical (unpaired) electrons. The summed E-state index contributed by atoms with van der Waals surface area (Å²) < 4.78 is 4.53. The highest BCUT2D eigenvalue weighted by Crippen LogP contribution is 2.41. The fraction of sp³-hybridized carbons (Fsp3) is 0.846.